The molecule has 1 N–H and O–H groups in total. The van der Waals surface area contributed by atoms with Crippen LogP contribution >= 0.6 is 0 Å². The quantitative estimate of drug-likeness (QED) is 0.102. The second kappa shape index (κ2) is 18.5. The van der Waals surface area contributed by atoms with Crippen molar-refractivity contribution in [3.8, 4) is 0 Å². The van der Waals surface area contributed by atoms with Gasteiger partial charge < -0.3 is 24.3 Å². The monoisotopic (exact) mass is 627 g/mol. The molecule has 0 aliphatic carbocycles. The molecule has 4 rings (SSSR count). The van der Waals surface area contributed by atoms with Gasteiger partial charge in [-0.25, -0.2) is 4.99 Å². The van der Waals surface area contributed by atoms with Crippen molar-refractivity contribution in [1.29, 1.82) is 0 Å². The van der Waals surface area contributed by atoms with Crippen LogP contribution in [0.3, 0.4) is 0 Å². The van der Waals surface area contributed by atoms with E-state index in [2.05, 4.69) is 68.8 Å². The highest BCUT2D eigenvalue weighted by molar-refractivity contribution is 5.94. The molecule has 2 fully saturated rings. The van der Waals surface area contributed by atoms with Gasteiger partial charge in [-0.1, -0.05) is 78.6 Å². The van der Waals surface area contributed by atoms with Gasteiger partial charge in [-0.05, 0) is 72.6 Å². The van der Waals surface area contributed by atoms with Crippen molar-refractivity contribution in [3.63, 3.8) is 0 Å². The summed E-state index contributed by atoms with van der Waals surface area (Å²) in [5.41, 5.74) is 9.85. The zero-order valence-electron chi connectivity index (χ0n) is 28.8. The van der Waals surface area contributed by atoms with Gasteiger partial charge in [0.15, 0.2) is 12.2 Å². The highest BCUT2D eigenvalue weighted by atomic mass is 16.7. The van der Waals surface area contributed by atoms with Crippen molar-refractivity contribution >= 4 is 11.8 Å². The Morgan fingerprint density at radius 2 is 1.56 bits per heavy atom. The van der Waals surface area contributed by atoms with Crippen LogP contribution in [-0.4, -0.2) is 55.8 Å². The second-order valence-electron chi connectivity index (χ2n) is 13.1. The lowest BCUT2D eigenvalue weighted by Gasteiger charge is -2.43. The smallest absolute Gasteiger partial charge is 0.251 e. The van der Waals surface area contributed by atoms with E-state index in [9.17, 15) is 4.79 Å². The molecule has 10 heteroatoms. The predicted molar refractivity (Wildman–Crippen MR) is 178 cm³/mol. The Hall–Kier alpha value is -2.65. The lowest BCUT2D eigenvalue weighted by atomic mass is 9.78. The average Bonchev–Trinajstić information content (AvgIpc) is 3.43. The third-order valence-corrected chi connectivity index (χ3v) is 10.1. The highest BCUT2D eigenvalue weighted by Gasteiger charge is 2.45. The average molecular weight is 628 g/mol. The Bertz CT molecular complexity index is 1120. The molecule has 1 amide bonds. The topological polar surface area (TPSA) is 127 Å². The highest BCUT2D eigenvalue weighted by Crippen LogP contribution is 2.38. The number of ether oxygens (including phenoxy) is 4. The van der Waals surface area contributed by atoms with E-state index in [1.165, 1.54) is 0 Å². The summed E-state index contributed by atoms with van der Waals surface area (Å²) in [7, 11) is 0. The standard InChI is InChI=1S/C24H38N4O3.C11H19NO2/c1-5-22-18(3)17(2)19(4)24(31-22)30-15-9-7-6-8-14-26-23(29)21-12-10-20(11-13-21)16-27-28-25;1-5-9-6(2)7(3)10-11(14-9)13-8(4)12-10/h10-13,17-19,22,24H,5-9,14-16H2,1-4H3,(H,26,29);6-7,9-11H,5H2,1-4H3/t17-,18-,19?,22?,24+;6-,7-,9?,10?,11+/m00/s1. The summed E-state index contributed by atoms with van der Waals surface area (Å²) in [4.78, 5) is 19.4. The first-order valence-corrected chi connectivity index (χ1v) is 17.1. The Labute approximate surface area is 270 Å². The second-order valence-corrected chi connectivity index (χ2v) is 13.1. The molecule has 45 heavy (non-hydrogen) atoms. The van der Waals surface area contributed by atoms with E-state index in [1.807, 2.05) is 19.1 Å². The molecule has 0 bridgehead atoms. The number of hydrogen-bond donors (Lipinski definition) is 1. The maximum Gasteiger partial charge on any atom is 0.251 e. The van der Waals surface area contributed by atoms with Gasteiger partial charge in [0.1, 0.15) is 6.04 Å². The Morgan fingerprint density at radius 3 is 2.22 bits per heavy atom. The molecule has 4 unspecified atom stereocenters. The van der Waals surface area contributed by atoms with Crippen LogP contribution in [0.25, 0.3) is 10.4 Å². The third-order valence-electron chi connectivity index (χ3n) is 10.1. The fourth-order valence-electron chi connectivity index (χ4n) is 6.53. The first kappa shape index (κ1) is 36.8. The van der Waals surface area contributed by atoms with Crippen molar-refractivity contribution in [2.24, 2.45) is 39.7 Å². The number of rotatable bonds is 13. The predicted octanol–water partition coefficient (Wildman–Crippen LogP) is 8.06. The normalized spacial score (nSPS) is 32.2. The summed E-state index contributed by atoms with van der Waals surface area (Å²) in [6, 6.07) is 7.35. The summed E-state index contributed by atoms with van der Waals surface area (Å²) < 4.78 is 23.7. The number of carbonyl (C=O) groups excluding carboxylic acids is 1. The number of amides is 1. The minimum Gasteiger partial charge on any atom is -0.450 e. The molecule has 0 spiro atoms. The Kier molecular flexibility index (Phi) is 15.1. The summed E-state index contributed by atoms with van der Waals surface area (Å²) in [6.07, 6.45) is 6.59. The number of carbonyl (C=O) groups is 1. The van der Waals surface area contributed by atoms with Crippen LogP contribution in [-0.2, 0) is 25.5 Å². The first-order valence-electron chi connectivity index (χ1n) is 17.1. The van der Waals surface area contributed by atoms with E-state index in [4.69, 9.17) is 24.5 Å². The van der Waals surface area contributed by atoms with Crippen LogP contribution in [0.4, 0.5) is 0 Å². The molecule has 0 radical (unpaired) electrons. The van der Waals surface area contributed by atoms with Crippen molar-refractivity contribution in [1.82, 2.24) is 5.32 Å². The Morgan fingerprint density at radius 1 is 0.911 bits per heavy atom. The number of hydrogen-bond acceptors (Lipinski definition) is 7. The zero-order chi connectivity index (χ0) is 32.9. The van der Waals surface area contributed by atoms with E-state index >= 15 is 0 Å². The molecule has 3 heterocycles. The summed E-state index contributed by atoms with van der Waals surface area (Å²) in [6.45, 7) is 19.3. The SMILES string of the molecule is CCC1O[C@@H](OCCCCCCNC(=O)c2ccc(CN=[N+]=[N-])cc2)C(C)[C@@H](C)[C@@H]1C.CCC1O[C@H]2OC(C)=NC2[C@@H](C)[C@@H]1C. The fraction of sp³-hybridized carbons (Fsp3) is 0.771. The van der Waals surface area contributed by atoms with Crippen LogP contribution in [0.5, 0.6) is 0 Å². The molecule has 1 aromatic rings. The number of aliphatic imine (C=N–C) groups is 1. The maximum absolute atomic E-state index is 12.2. The molecule has 3 aliphatic rings. The number of azide groups is 1. The minimum absolute atomic E-state index is 0.0732. The van der Waals surface area contributed by atoms with Crippen molar-refractivity contribution in [2.75, 3.05) is 13.2 Å². The van der Waals surface area contributed by atoms with Crippen LogP contribution in [0, 0.1) is 29.6 Å². The molecule has 10 atom stereocenters. The number of fused-ring (bicyclic) bond motifs is 1. The van der Waals surface area contributed by atoms with Crippen molar-refractivity contribution < 1.29 is 23.7 Å². The molecule has 1 aromatic carbocycles. The third kappa shape index (κ3) is 10.4. The van der Waals surface area contributed by atoms with Gasteiger partial charge in [0.2, 0.25) is 6.29 Å². The number of nitrogens with zero attached hydrogens (tertiary/aromatic N) is 4. The van der Waals surface area contributed by atoms with E-state index in [-0.39, 0.29) is 24.5 Å². The van der Waals surface area contributed by atoms with Gasteiger partial charge in [0, 0.05) is 36.5 Å². The Balaban J connectivity index is 0.000000325. The number of benzene rings is 1. The molecule has 10 nitrogen and oxygen atoms in total. The van der Waals surface area contributed by atoms with Gasteiger partial charge >= 0.3 is 0 Å². The number of nitrogens with one attached hydrogen (secondary N) is 1. The van der Waals surface area contributed by atoms with E-state index < -0.39 is 0 Å². The van der Waals surface area contributed by atoms with Gasteiger partial charge in [-0.3, -0.25) is 4.79 Å². The fourth-order valence-corrected chi connectivity index (χ4v) is 6.53. The van der Waals surface area contributed by atoms with Gasteiger partial charge in [-0.15, -0.1) is 0 Å². The molecule has 252 valence electrons. The lowest BCUT2D eigenvalue weighted by molar-refractivity contribution is -0.248. The number of unbranched alkanes of at least 4 members (excludes halogenated alkanes) is 3. The molecule has 3 aliphatic heterocycles. The van der Waals surface area contributed by atoms with Gasteiger partial charge in [0.25, 0.3) is 5.91 Å². The summed E-state index contributed by atoms with van der Waals surface area (Å²) >= 11 is 0. The van der Waals surface area contributed by atoms with Crippen molar-refractivity contribution in [2.45, 2.75) is 131 Å². The van der Waals surface area contributed by atoms with E-state index in [0.717, 1.165) is 56.6 Å². The molecule has 0 saturated carbocycles. The van der Waals surface area contributed by atoms with Crippen molar-refractivity contribution in [3.05, 3.63) is 45.8 Å². The minimum atomic E-state index is -0.119. The van der Waals surface area contributed by atoms with Crippen LogP contribution in [0.2, 0.25) is 0 Å². The van der Waals surface area contributed by atoms with Gasteiger partial charge in [-0.2, -0.15) is 0 Å². The largest absolute Gasteiger partial charge is 0.450 e. The van der Waals surface area contributed by atoms with Crippen LogP contribution in [0.1, 0.15) is 110 Å². The maximum atomic E-state index is 12.2. The molecule has 0 aromatic heterocycles. The van der Waals surface area contributed by atoms with E-state index in [1.54, 1.807) is 12.1 Å². The van der Waals surface area contributed by atoms with Gasteiger partial charge in [0.05, 0.1) is 18.8 Å². The molecular formula is C35H57N5O5. The van der Waals surface area contributed by atoms with E-state index in [0.29, 0.717) is 60.5 Å². The lowest BCUT2D eigenvalue weighted by Crippen LogP contribution is -2.46. The first-order chi connectivity index (χ1) is 21.6. The zero-order valence-corrected chi connectivity index (χ0v) is 28.8. The van der Waals surface area contributed by atoms with Crippen LogP contribution < -0.4 is 5.32 Å². The van der Waals surface area contributed by atoms with Crippen LogP contribution in [0.15, 0.2) is 34.4 Å². The summed E-state index contributed by atoms with van der Waals surface area (Å²) in [5.74, 6) is 3.42. The summed E-state index contributed by atoms with van der Waals surface area (Å²) in [5, 5.41) is 6.47. The molecular weight excluding hydrogens is 570 g/mol. The molecule has 2 saturated heterocycles.